The van der Waals surface area contributed by atoms with Crippen molar-refractivity contribution < 1.29 is 0 Å². The molecular formula is C8H8ClN3S. The van der Waals surface area contributed by atoms with Gasteiger partial charge in [0.25, 0.3) is 0 Å². The van der Waals surface area contributed by atoms with Gasteiger partial charge >= 0.3 is 0 Å². The molecule has 0 amide bonds. The highest BCUT2D eigenvalue weighted by Gasteiger charge is 2.02. The van der Waals surface area contributed by atoms with Gasteiger partial charge in [-0.05, 0) is 0 Å². The van der Waals surface area contributed by atoms with Crippen molar-refractivity contribution in [3.05, 3.63) is 34.8 Å². The number of aromatic nitrogens is 3. The standard InChI is InChI=1S/C8H8ClN3S/c9-3-8-11-1-2-12(8)5-7-4-10-6-13-7/h1-2,4,6H,3,5H2. The maximum atomic E-state index is 5.72. The Balaban J connectivity index is 2.18. The van der Waals surface area contributed by atoms with Gasteiger partial charge in [0.05, 0.1) is 17.9 Å². The lowest BCUT2D eigenvalue weighted by atomic mass is 10.5. The van der Waals surface area contributed by atoms with Crippen molar-refractivity contribution in [1.82, 2.24) is 14.5 Å². The topological polar surface area (TPSA) is 30.7 Å². The van der Waals surface area contributed by atoms with Crippen LogP contribution in [-0.2, 0) is 12.4 Å². The molecule has 0 aliphatic carbocycles. The summed E-state index contributed by atoms with van der Waals surface area (Å²) in [5.41, 5.74) is 1.83. The highest BCUT2D eigenvalue weighted by molar-refractivity contribution is 7.09. The van der Waals surface area contributed by atoms with Crippen LogP contribution in [0.3, 0.4) is 0 Å². The average molecular weight is 214 g/mol. The molecule has 0 atom stereocenters. The van der Waals surface area contributed by atoms with E-state index in [2.05, 4.69) is 9.97 Å². The van der Waals surface area contributed by atoms with Gasteiger partial charge in [0.1, 0.15) is 5.82 Å². The predicted octanol–water partition coefficient (Wildman–Crippen LogP) is 2.13. The molecule has 0 spiro atoms. The summed E-state index contributed by atoms with van der Waals surface area (Å²) in [5, 5.41) is 0. The minimum atomic E-state index is 0.450. The number of nitrogens with zero attached hydrogens (tertiary/aromatic N) is 3. The third kappa shape index (κ3) is 1.89. The summed E-state index contributed by atoms with van der Waals surface area (Å²) in [5.74, 6) is 1.35. The number of alkyl halides is 1. The molecule has 2 rings (SSSR count). The Bertz CT molecular complexity index is 368. The molecule has 3 nitrogen and oxygen atoms in total. The van der Waals surface area contributed by atoms with E-state index in [-0.39, 0.29) is 0 Å². The molecule has 2 aromatic heterocycles. The van der Waals surface area contributed by atoms with Gasteiger partial charge in [-0.3, -0.25) is 4.98 Å². The van der Waals surface area contributed by atoms with Crippen molar-refractivity contribution in [3.63, 3.8) is 0 Å². The van der Waals surface area contributed by atoms with Crippen LogP contribution in [0.1, 0.15) is 10.7 Å². The Kier molecular flexibility index (Phi) is 2.61. The Labute approximate surface area is 85.0 Å². The first-order valence-corrected chi connectivity index (χ1v) is 5.25. The minimum absolute atomic E-state index is 0.450. The van der Waals surface area contributed by atoms with Crippen LogP contribution < -0.4 is 0 Å². The van der Waals surface area contributed by atoms with E-state index in [1.165, 1.54) is 4.88 Å². The largest absolute Gasteiger partial charge is 0.329 e. The van der Waals surface area contributed by atoms with Crippen molar-refractivity contribution in [3.8, 4) is 0 Å². The molecule has 0 saturated heterocycles. The van der Waals surface area contributed by atoms with Crippen molar-refractivity contribution in [2.45, 2.75) is 12.4 Å². The van der Waals surface area contributed by atoms with E-state index in [0.29, 0.717) is 5.88 Å². The molecule has 0 aromatic carbocycles. The fourth-order valence-electron chi connectivity index (χ4n) is 1.10. The Morgan fingerprint density at radius 3 is 3.15 bits per heavy atom. The zero-order valence-electron chi connectivity index (χ0n) is 6.85. The van der Waals surface area contributed by atoms with E-state index in [1.807, 2.05) is 22.5 Å². The van der Waals surface area contributed by atoms with Crippen LogP contribution in [0.5, 0.6) is 0 Å². The monoisotopic (exact) mass is 213 g/mol. The highest BCUT2D eigenvalue weighted by Crippen LogP contribution is 2.10. The van der Waals surface area contributed by atoms with Gasteiger partial charge < -0.3 is 4.57 Å². The Hall–Kier alpha value is -0.870. The number of hydrogen-bond acceptors (Lipinski definition) is 3. The van der Waals surface area contributed by atoms with Crippen molar-refractivity contribution in [2.75, 3.05) is 0 Å². The Morgan fingerprint density at radius 2 is 2.46 bits per heavy atom. The summed E-state index contributed by atoms with van der Waals surface area (Å²) in [7, 11) is 0. The molecule has 0 N–H and O–H groups in total. The smallest absolute Gasteiger partial charge is 0.123 e. The van der Waals surface area contributed by atoms with Crippen LogP contribution >= 0.6 is 22.9 Å². The second kappa shape index (κ2) is 3.89. The molecule has 0 bridgehead atoms. The maximum Gasteiger partial charge on any atom is 0.123 e. The highest BCUT2D eigenvalue weighted by atomic mass is 35.5. The first-order valence-electron chi connectivity index (χ1n) is 3.83. The zero-order valence-corrected chi connectivity index (χ0v) is 8.42. The summed E-state index contributed by atoms with van der Waals surface area (Å²) in [4.78, 5) is 9.35. The molecule has 0 aliphatic heterocycles. The van der Waals surface area contributed by atoms with Crippen LogP contribution in [0, 0.1) is 0 Å². The Morgan fingerprint density at radius 1 is 1.54 bits per heavy atom. The first kappa shape index (κ1) is 8.72. The van der Waals surface area contributed by atoms with Gasteiger partial charge in [-0.2, -0.15) is 0 Å². The van der Waals surface area contributed by atoms with Crippen molar-refractivity contribution in [2.24, 2.45) is 0 Å². The lowest BCUT2D eigenvalue weighted by molar-refractivity contribution is 0.763. The molecule has 2 aromatic rings. The number of halogens is 1. The van der Waals surface area contributed by atoms with E-state index in [1.54, 1.807) is 17.5 Å². The molecule has 13 heavy (non-hydrogen) atoms. The van der Waals surface area contributed by atoms with E-state index < -0.39 is 0 Å². The fraction of sp³-hybridized carbons (Fsp3) is 0.250. The fourth-order valence-corrected chi connectivity index (χ4v) is 1.92. The van der Waals surface area contributed by atoms with Crippen LogP contribution in [-0.4, -0.2) is 14.5 Å². The number of hydrogen-bond donors (Lipinski definition) is 0. The summed E-state index contributed by atoms with van der Waals surface area (Å²) >= 11 is 7.36. The van der Waals surface area contributed by atoms with Crippen LogP contribution in [0.2, 0.25) is 0 Å². The van der Waals surface area contributed by atoms with Crippen molar-refractivity contribution >= 4 is 22.9 Å². The van der Waals surface area contributed by atoms with Gasteiger partial charge in [0, 0.05) is 23.5 Å². The lowest BCUT2D eigenvalue weighted by Gasteiger charge is -2.02. The first-order chi connectivity index (χ1) is 6.40. The molecule has 68 valence electrons. The molecule has 0 aliphatic rings. The van der Waals surface area contributed by atoms with Gasteiger partial charge in [-0.15, -0.1) is 22.9 Å². The van der Waals surface area contributed by atoms with Gasteiger partial charge in [0.2, 0.25) is 0 Å². The van der Waals surface area contributed by atoms with Crippen LogP contribution in [0.25, 0.3) is 0 Å². The number of rotatable bonds is 3. The third-order valence-electron chi connectivity index (χ3n) is 1.73. The summed E-state index contributed by atoms with van der Waals surface area (Å²) < 4.78 is 2.03. The number of thiazole rings is 1. The quantitative estimate of drug-likeness (QED) is 0.732. The van der Waals surface area contributed by atoms with Crippen LogP contribution in [0.4, 0.5) is 0 Å². The summed E-state index contributed by atoms with van der Waals surface area (Å²) in [6.07, 6.45) is 5.55. The van der Waals surface area contributed by atoms with Gasteiger partial charge in [-0.25, -0.2) is 4.98 Å². The van der Waals surface area contributed by atoms with E-state index >= 15 is 0 Å². The predicted molar refractivity (Wildman–Crippen MR) is 53.0 cm³/mol. The van der Waals surface area contributed by atoms with E-state index in [0.717, 1.165) is 12.4 Å². The van der Waals surface area contributed by atoms with Crippen molar-refractivity contribution in [1.29, 1.82) is 0 Å². The molecule has 2 heterocycles. The molecular weight excluding hydrogens is 206 g/mol. The molecule has 0 saturated carbocycles. The second-order valence-electron chi connectivity index (χ2n) is 2.57. The van der Waals surface area contributed by atoms with Gasteiger partial charge in [0.15, 0.2) is 0 Å². The maximum absolute atomic E-state index is 5.72. The summed E-state index contributed by atoms with van der Waals surface area (Å²) in [6, 6.07) is 0. The lowest BCUT2D eigenvalue weighted by Crippen LogP contribution is -2.00. The van der Waals surface area contributed by atoms with E-state index in [4.69, 9.17) is 11.6 Å². The molecule has 0 fully saturated rings. The average Bonchev–Trinajstić information content (AvgIpc) is 2.76. The molecule has 0 unspecified atom stereocenters. The normalized spacial score (nSPS) is 10.5. The minimum Gasteiger partial charge on any atom is -0.329 e. The van der Waals surface area contributed by atoms with Gasteiger partial charge in [-0.1, -0.05) is 0 Å². The SMILES string of the molecule is ClCc1nccn1Cc1cncs1. The molecule has 0 radical (unpaired) electrons. The van der Waals surface area contributed by atoms with Crippen LogP contribution in [0.15, 0.2) is 24.1 Å². The molecule has 5 heteroatoms. The zero-order chi connectivity index (χ0) is 9.10. The van der Waals surface area contributed by atoms with E-state index in [9.17, 15) is 0 Å². The third-order valence-corrected chi connectivity index (χ3v) is 2.73. The second-order valence-corrected chi connectivity index (χ2v) is 3.81. The summed E-state index contributed by atoms with van der Waals surface area (Å²) in [6.45, 7) is 0.812. The number of imidazole rings is 1.